The summed E-state index contributed by atoms with van der Waals surface area (Å²) in [6, 6.07) is 18.4. The molecule has 0 aliphatic heterocycles. The molecule has 2 heteroatoms. The molecular weight excluding hydrogens is 222 g/mol. The van der Waals surface area contributed by atoms with Crippen LogP contribution >= 0.6 is 0 Å². The van der Waals surface area contributed by atoms with E-state index in [4.69, 9.17) is 4.74 Å². The minimum Gasteiger partial charge on any atom is -0.489 e. The summed E-state index contributed by atoms with van der Waals surface area (Å²) in [5.41, 5.74) is 2.61. The number of para-hydroxylation sites is 1. The van der Waals surface area contributed by atoms with E-state index in [2.05, 4.69) is 29.6 Å². The molecule has 0 atom stereocenters. The van der Waals surface area contributed by atoms with Crippen molar-refractivity contribution in [3.8, 4) is 5.75 Å². The smallest absolute Gasteiger partial charge is 0.119 e. The zero-order chi connectivity index (χ0) is 12.6. The molecule has 0 spiro atoms. The second-order valence-electron chi connectivity index (χ2n) is 4.22. The zero-order valence-electron chi connectivity index (χ0n) is 10.7. The standard InChI is InChI=1S/C16H19NO/c1-17-12-11-14-7-5-6-8-15(14)13-18-16-9-3-2-4-10-16/h2-10,17H,11-13H2,1H3. The molecule has 0 bridgehead atoms. The van der Waals surface area contributed by atoms with E-state index in [0.29, 0.717) is 6.61 Å². The van der Waals surface area contributed by atoms with Gasteiger partial charge < -0.3 is 10.1 Å². The Morgan fingerprint density at radius 1 is 0.889 bits per heavy atom. The van der Waals surface area contributed by atoms with Crippen LogP contribution in [0.1, 0.15) is 11.1 Å². The minimum absolute atomic E-state index is 0.629. The van der Waals surface area contributed by atoms with Crippen LogP contribution in [0.3, 0.4) is 0 Å². The predicted octanol–water partition coefficient (Wildman–Crippen LogP) is 3.03. The molecule has 0 aliphatic rings. The molecule has 0 radical (unpaired) electrons. The van der Waals surface area contributed by atoms with Crippen molar-refractivity contribution in [1.82, 2.24) is 5.32 Å². The molecule has 2 aromatic carbocycles. The van der Waals surface area contributed by atoms with Gasteiger partial charge in [0.25, 0.3) is 0 Å². The van der Waals surface area contributed by atoms with Crippen LogP contribution in [0.5, 0.6) is 5.75 Å². The van der Waals surface area contributed by atoms with Gasteiger partial charge in [-0.15, -0.1) is 0 Å². The van der Waals surface area contributed by atoms with Crippen molar-refractivity contribution in [2.24, 2.45) is 0 Å². The molecule has 0 saturated carbocycles. The maximum Gasteiger partial charge on any atom is 0.119 e. The Hall–Kier alpha value is -1.80. The molecule has 18 heavy (non-hydrogen) atoms. The lowest BCUT2D eigenvalue weighted by atomic mass is 10.1. The fraction of sp³-hybridized carbons (Fsp3) is 0.250. The Morgan fingerprint density at radius 2 is 1.56 bits per heavy atom. The van der Waals surface area contributed by atoms with Gasteiger partial charge in [0.05, 0.1) is 0 Å². The van der Waals surface area contributed by atoms with Crippen molar-refractivity contribution in [2.45, 2.75) is 13.0 Å². The maximum absolute atomic E-state index is 5.79. The van der Waals surface area contributed by atoms with Gasteiger partial charge in [-0.25, -0.2) is 0 Å². The molecule has 0 fully saturated rings. The highest BCUT2D eigenvalue weighted by molar-refractivity contribution is 5.28. The Kier molecular flexibility index (Phi) is 4.79. The molecule has 2 aromatic rings. The summed E-state index contributed by atoms with van der Waals surface area (Å²) in [6.45, 7) is 1.62. The van der Waals surface area contributed by atoms with Crippen LogP contribution in [0.15, 0.2) is 54.6 Å². The van der Waals surface area contributed by atoms with Gasteiger partial charge in [-0.2, -0.15) is 0 Å². The van der Waals surface area contributed by atoms with Crippen LogP contribution in [0.25, 0.3) is 0 Å². The monoisotopic (exact) mass is 241 g/mol. The number of hydrogen-bond acceptors (Lipinski definition) is 2. The van der Waals surface area contributed by atoms with E-state index in [-0.39, 0.29) is 0 Å². The number of ether oxygens (including phenoxy) is 1. The van der Waals surface area contributed by atoms with Crippen molar-refractivity contribution >= 4 is 0 Å². The SMILES string of the molecule is CNCCc1ccccc1COc1ccccc1. The van der Waals surface area contributed by atoms with Gasteiger partial charge in [0.1, 0.15) is 12.4 Å². The molecule has 0 heterocycles. The van der Waals surface area contributed by atoms with Crippen molar-refractivity contribution in [3.05, 3.63) is 65.7 Å². The summed E-state index contributed by atoms with van der Waals surface area (Å²) in [5.74, 6) is 0.918. The van der Waals surface area contributed by atoms with E-state index in [9.17, 15) is 0 Å². The van der Waals surface area contributed by atoms with E-state index in [0.717, 1.165) is 18.7 Å². The summed E-state index contributed by atoms with van der Waals surface area (Å²) in [4.78, 5) is 0. The largest absolute Gasteiger partial charge is 0.489 e. The Morgan fingerprint density at radius 3 is 2.28 bits per heavy atom. The van der Waals surface area contributed by atoms with E-state index in [1.54, 1.807) is 0 Å². The van der Waals surface area contributed by atoms with E-state index >= 15 is 0 Å². The summed E-state index contributed by atoms with van der Waals surface area (Å²) in [7, 11) is 1.98. The summed E-state index contributed by atoms with van der Waals surface area (Å²) in [6.07, 6.45) is 1.03. The Balaban J connectivity index is 2.00. The Labute approximate surface area is 109 Å². The normalized spacial score (nSPS) is 10.3. The highest BCUT2D eigenvalue weighted by Crippen LogP contribution is 2.14. The number of rotatable bonds is 6. The number of likely N-dealkylation sites (N-methyl/N-ethyl adjacent to an activating group) is 1. The van der Waals surface area contributed by atoms with Gasteiger partial charge in [0.15, 0.2) is 0 Å². The molecule has 0 unspecified atom stereocenters. The first-order chi connectivity index (χ1) is 8.90. The van der Waals surface area contributed by atoms with Crippen LogP contribution in [0.2, 0.25) is 0 Å². The van der Waals surface area contributed by atoms with Crippen LogP contribution in [0, 0.1) is 0 Å². The first kappa shape index (κ1) is 12.7. The summed E-state index contributed by atoms with van der Waals surface area (Å²) in [5, 5.41) is 3.18. The lowest BCUT2D eigenvalue weighted by Crippen LogP contribution is -2.12. The third-order valence-corrected chi connectivity index (χ3v) is 2.90. The second-order valence-corrected chi connectivity index (χ2v) is 4.22. The number of nitrogens with one attached hydrogen (secondary N) is 1. The molecule has 2 nitrogen and oxygen atoms in total. The van der Waals surface area contributed by atoms with Crippen molar-refractivity contribution in [3.63, 3.8) is 0 Å². The fourth-order valence-electron chi connectivity index (χ4n) is 1.88. The van der Waals surface area contributed by atoms with Crippen LogP contribution in [-0.2, 0) is 13.0 Å². The van der Waals surface area contributed by atoms with Gasteiger partial charge in [0.2, 0.25) is 0 Å². The highest BCUT2D eigenvalue weighted by atomic mass is 16.5. The van der Waals surface area contributed by atoms with Gasteiger partial charge >= 0.3 is 0 Å². The molecule has 0 saturated heterocycles. The first-order valence-electron chi connectivity index (χ1n) is 6.29. The maximum atomic E-state index is 5.79. The minimum atomic E-state index is 0.629. The average molecular weight is 241 g/mol. The Bertz CT molecular complexity index is 468. The summed E-state index contributed by atoms with van der Waals surface area (Å²) >= 11 is 0. The quantitative estimate of drug-likeness (QED) is 0.839. The zero-order valence-corrected chi connectivity index (χ0v) is 10.7. The van der Waals surface area contributed by atoms with E-state index in [1.807, 2.05) is 37.4 Å². The molecule has 94 valence electrons. The molecule has 2 rings (SSSR count). The molecule has 1 N–H and O–H groups in total. The van der Waals surface area contributed by atoms with Crippen LogP contribution < -0.4 is 10.1 Å². The highest BCUT2D eigenvalue weighted by Gasteiger charge is 2.02. The molecular formula is C16H19NO. The topological polar surface area (TPSA) is 21.3 Å². The van der Waals surface area contributed by atoms with E-state index in [1.165, 1.54) is 11.1 Å². The van der Waals surface area contributed by atoms with Crippen molar-refractivity contribution in [1.29, 1.82) is 0 Å². The lowest BCUT2D eigenvalue weighted by molar-refractivity contribution is 0.305. The molecule has 0 aliphatic carbocycles. The van der Waals surface area contributed by atoms with Gasteiger partial charge in [-0.05, 0) is 43.3 Å². The molecule has 0 amide bonds. The third kappa shape index (κ3) is 3.60. The second kappa shape index (κ2) is 6.82. The van der Waals surface area contributed by atoms with Crippen molar-refractivity contribution < 1.29 is 4.74 Å². The van der Waals surface area contributed by atoms with Gasteiger partial charge in [-0.3, -0.25) is 0 Å². The molecule has 0 aromatic heterocycles. The summed E-state index contributed by atoms with van der Waals surface area (Å²) < 4.78 is 5.79. The van der Waals surface area contributed by atoms with Crippen LogP contribution in [-0.4, -0.2) is 13.6 Å². The fourth-order valence-corrected chi connectivity index (χ4v) is 1.88. The number of hydrogen-bond donors (Lipinski definition) is 1. The van der Waals surface area contributed by atoms with Gasteiger partial charge in [-0.1, -0.05) is 42.5 Å². The average Bonchev–Trinajstić information content (AvgIpc) is 2.45. The van der Waals surface area contributed by atoms with Crippen molar-refractivity contribution in [2.75, 3.05) is 13.6 Å². The number of benzene rings is 2. The van der Waals surface area contributed by atoms with Crippen LogP contribution in [0.4, 0.5) is 0 Å². The lowest BCUT2D eigenvalue weighted by Gasteiger charge is -2.11. The predicted molar refractivity (Wildman–Crippen MR) is 74.8 cm³/mol. The van der Waals surface area contributed by atoms with Gasteiger partial charge in [0, 0.05) is 0 Å². The first-order valence-corrected chi connectivity index (χ1v) is 6.29. The van der Waals surface area contributed by atoms with E-state index < -0.39 is 0 Å². The third-order valence-electron chi connectivity index (χ3n) is 2.90.